The monoisotopic (exact) mass is 441 g/mol. The zero-order valence-electron chi connectivity index (χ0n) is 18.6. The van der Waals surface area contributed by atoms with Crippen molar-refractivity contribution in [1.82, 2.24) is 4.90 Å². The molecule has 0 radical (unpaired) electrons. The Labute approximate surface area is 187 Å². The summed E-state index contributed by atoms with van der Waals surface area (Å²) in [4.78, 5) is 27.2. The van der Waals surface area contributed by atoms with Gasteiger partial charge in [0.1, 0.15) is 11.5 Å². The molecule has 2 aromatic carbocycles. The standard InChI is InChI=1S/C24H27NO7/c1-5-32-17-9-6-15(7-10-17)22(26)20-21(25(12-13-29-2)24(28)23(20)27)16-8-11-18(30-3)19(14-16)31-4/h6-11,14,21,26H,5,12-13H2,1-4H3/b22-20+/t21-/m1/s1. The molecule has 8 heteroatoms. The minimum absolute atomic E-state index is 0.00230. The molecular formula is C24H27NO7. The van der Waals surface area contributed by atoms with E-state index in [1.54, 1.807) is 42.5 Å². The summed E-state index contributed by atoms with van der Waals surface area (Å²) in [5.41, 5.74) is 1.01. The Hall–Kier alpha value is -3.52. The molecule has 0 aromatic heterocycles. The second-order valence-electron chi connectivity index (χ2n) is 7.06. The van der Waals surface area contributed by atoms with E-state index in [0.29, 0.717) is 35.0 Å². The van der Waals surface area contributed by atoms with Crippen LogP contribution < -0.4 is 14.2 Å². The van der Waals surface area contributed by atoms with Crippen LogP contribution in [0.5, 0.6) is 17.2 Å². The lowest BCUT2D eigenvalue weighted by molar-refractivity contribution is -0.140. The first-order valence-corrected chi connectivity index (χ1v) is 10.2. The molecule has 1 aliphatic rings. The van der Waals surface area contributed by atoms with E-state index in [-0.39, 0.29) is 24.5 Å². The Kier molecular flexibility index (Phi) is 7.37. The molecular weight excluding hydrogens is 414 g/mol. The van der Waals surface area contributed by atoms with E-state index in [1.807, 2.05) is 6.92 Å². The molecule has 0 aliphatic carbocycles. The van der Waals surface area contributed by atoms with Gasteiger partial charge in [0.05, 0.1) is 39.0 Å². The van der Waals surface area contributed by atoms with Crippen LogP contribution >= 0.6 is 0 Å². The number of likely N-dealkylation sites (tertiary alicyclic amines) is 1. The van der Waals surface area contributed by atoms with Crippen LogP contribution in [0.4, 0.5) is 0 Å². The predicted molar refractivity (Wildman–Crippen MR) is 118 cm³/mol. The number of aliphatic hydroxyl groups is 1. The van der Waals surface area contributed by atoms with Gasteiger partial charge in [-0.2, -0.15) is 0 Å². The normalized spacial score (nSPS) is 17.5. The average Bonchev–Trinajstić information content (AvgIpc) is 3.07. The maximum atomic E-state index is 13.0. The molecule has 1 fully saturated rings. The average molecular weight is 441 g/mol. The van der Waals surface area contributed by atoms with Gasteiger partial charge in [-0.25, -0.2) is 0 Å². The van der Waals surface area contributed by atoms with E-state index in [2.05, 4.69) is 0 Å². The van der Waals surface area contributed by atoms with Gasteiger partial charge in [0.25, 0.3) is 11.7 Å². The number of rotatable bonds is 9. The van der Waals surface area contributed by atoms with E-state index in [0.717, 1.165) is 0 Å². The second-order valence-corrected chi connectivity index (χ2v) is 7.06. The van der Waals surface area contributed by atoms with Gasteiger partial charge in [0.2, 0.25) is 0 Å². The third kappa shape index (κ3) is 4.40. The third-order valence-corrected chi connectivity index (χ3v) is 5.24. The topological polar surface area (TPSA) is 94.5 Å². The number of hydrogen-bond donors (Lipinski definition) is 1. The van der Waals surface area contributed by atoms with Crippen molar-refractivity contribution in [3.8, 4) is 17.2 Å². The largest absolute Gasteiger partial charge is 0.507 e. The quantitative estimate of drug-likeness (QED) is 0.363. The lowest BCUT2D eigenvalue weighted by Crippen LogP contribution is -2.32. The molecule has 0 unspecified atom stereocenters. The van der Waals surface area contributed by atoms with E-state index < -0.39 is 17.7 Å². The molecule has 3 rings (SSSR count). The minimum atomic E-state index is -0.809. The summed E-state index contributed by atoms with van der Waals surface area (Å²) in [6.07, 6.45) is 0. The van der Waals surface area contributed by atoms with Crippen molar-refractivity contribution in [1.29, 1.82) is 0 Å². The van der Waals surface area contributed by atoms with Crippen molar-refractivity contribution in [2.45, 2.75) is 13.0 Å². The van der Waals surface area contributed by atoms with Crippen LogP contribution in [0.15, 0.2) is 48.0 Å². The maximum absolute atomic E-state index is 13.0. The highest BCUT2D eigenvalue weighted by molar-refractivity contribution is 6.46. The lowest BCUT2D eigenvalue weighted by atomic mass is 9.95. The highest BCUT2D eigenvalue weighted by Crippen LogP contribution is 2.41. The number of amides is 1. The van der Waals surface area contributed by atoms with Crippen molar-refractivity contribution in [3.63, 3.8) is 0 Å². The summed E-state index contributed by atoms with van der Waals surface area (Å²) in [5, 5.41) is 11.1. The molecule has 0 saturated carbocycles. The van der Waals surface area contributed by atoms with E-state index in [1.165, 1.54) is 26.2 Å². The van der Waals surface area contributed by atoms with Crippen LogP contribution in [0.3, 0.4) is 0 Å². The van der Waals surface area contributed by atoms with Gasteiger partial charge in [-0.3, -0.25) is 9.59 Å². The molecule has 170 valence electrons. The van der Waals surface area contributed by atoms with Gasteiger partial charge in [0.15, 0.2) is 11.5 Å². The molecule has 2 aromatic rings. The van der Waals surface area contributed by atoms with Crippen molar-refractivity contribution >= 4 is 17.4 Å². The van der Waals surface area contributed by atoms with Gasteiger partial charge in [-0.05, 0) is 48.9 Å². The Bertz CT molecular complexity index is 1010. The van der Waals surface area contributed by atoms with Crippen molar-refractivity contribution < 1.29 is 33.6 Å². The summed E-state index contributed by atoms with van der Waals surface area (Å²) < 4.78 is 21.3. The van der Waals surface area contributed by atoms with Crippen molar-refractivity contribution in [2.24, 2.45) is 0 Å². The molecule has 1 saturated heterocycles. The van der Waals surface area contributed by atoms with Crippen LogP contribution in [0.1, 0.15) is 24.1 Å². The smallest absolute Gasteiger partial charge is 0.295 e. The molecule has 8 nitrogen and oxygen atoms in total. The molecule has 1 heterocycles. The molecule has 32 heavy (non-hydrogen) atoms. The van der Waals surface area contributed by atoms with Crippen LogP contribution in [-0.2, 0) is 14.3 Å². The number of aliphatic hydroxyl groups excluding tert-OH is 1. The molecule has 1 aliphatic heterocycles. The van der Waals surface area contributed by atoms with E-state index in [4.69, 9.17) is 18.9 Å². The van der Waals surface area contributed by atoms with E-state index in [9.17, 15) is 14.7 Å². The zero-order chi connectivity index (χ0) is 23.3. The summed E-state index contributed by atoms with van der Waals surface area (Å²) in [7, 11) is 4.54. The van der Waals surface area contributed by atoms with Crippen molar-refractivity contribution in [3.05, 3.63) is 59.2 Å². The highest BCUT2D eigenvalue weighted by Gasteiger charge is 2.46. The predicted octanol–water partition coefficient (Wildman–Crippen LogP) is 3.17. The number of Topliss-reactive ketones (excluding diaryl/α,β-unsaturated/α-hetero) is 1. The molecule has 0 bridgehead atoms. The number of nitrogens with zero attached hydrogens (tertiary/aromatic N) is 1. The third-order valence-electron chi connectivity index (χ3n) is 5.24. The van der Waals surface area contributed by atoms with Gasteiger partial charge < -0.3 is 29.0 Å². The van der Waals surface area contributed by atoms with Crippen LogP contribution in [0.25, 0.3) is 5.76 Å². The van der Waals surface area contributed by atoms with Crippen LogP contribution in [0.2, 0.25) is 0 Å². The summed E-state index contributed by atoms with van der Waals surface area (Å²) in [6.45, 7) is 2.80. The molecule has 1 amide bonds. The molecule has 0 spiro atoms. The number of hydrogen-bond acceptors (Lipinski definition) is 7. The van der Waals surface area contributed by atoms with Crippen molar-refractivity contribution in [2.75, 3.05) is 41.1 Å². The fourth-order valence-electron chi connectivity index (χ4n) is 3.70. The van der Waals surface area contributed by atoms with E-state index >= 15 is 0 Å². The first-order valence-electron chi connectivity index (χ1n) is 10.2. The number of carbonyl (C=O) groups is 2. The number of benzene rings is 2. The molecule has 1 atom stereocenters. The van der Waals surface area contributed by atoms with Gasteiger partial charge in [-0.1, -0.05) is 6.07 Å². The SMILES string of the molecule is CCOc1ccc(/C(O)=C2\C(=O)C(=O)N(CCOC)[C@@H]2c2ccc(OC)c(OC)c2)cc1. The number of carbonyl (C=O) groups excluding carboxylic acids is 2. The highest BCUT2D eigenvalue weighted by atomic mass is 16.5. The number of ether oxygens (including phenoxy) is 4. The van der Waals surface area contributed by atoms with Gasteiger partial charge in [-0.15, -0.1) is 0 Å². The fraction of sp³-hybridized carbons (Fsp3) is 0.333. The zero-order valence-corrected chi connectivity index (χ0v) is 18.6. The second kappa shape index (κ2) is 10.2. The fourth-order valence-corrected chi connectivity index (χ4v) is 3.70. The van der Waals surface area contributed by atoms with Gasteiger partial charge in [0, 0.05) is 19.2 Å². The Balaban J connectivity index is 2.14. The lowest BCUT2D eigenvalue weighted by Gasteiger charge is -2.25. The first kappa shape index (κ1) is 23.1. The Morgan fingerprint density at radius 1 is 1.00 bits per heavy atom. The Morgan fingerprint density at radius 3 is 2.28 bits per heavy atom. The van der Waals surface area contributed by atoms with Crippen LogP contribution in [-0.4, -0.2) is 62.8 Å². The summed E-state index contributed by atoms with van der Waals surface area (Å²) in [5.74, 6) is -0.117. The minimum Gasteiger partial charge on any atom is -0.507 e. The first-order chi connectivity index (χ1) is 15.5. The van der Waals surface area contributed by atoms with Crippen LogP contribution in [0, 0.1) is 0 Å². The summed E-state index contributed by atoms with van der Waals surface area (Å²) in [6, 6.07) is 11.0. The number of ketones is 1. The van der Waals surface area contributed by atoms with Gasteiger partial charge >= 0.3 is 0 Å². The summed E-state index contributed by atoms with van der Waals surface area (Å²) >= 11 is 0. The number of methoxy groups -OCH3 is 3. The maximum Gasteiger partial charge on any atom is 0.295 e. The molecule has 1 N–H and O–H groups in total. The Morgan fingerprint density at radius 2 is 1.69 bits per heavy atom.